The first kappa shape index (κ1) is 21.8. The number of piperidine rings is 1. The molecule has 1 amide bonds. The Labute approximate surface area is 196 Å². The van der Waals surface area contributed by atoms with Crippen molar-refractivity contribution in [2.75, 3.05) is 13.1 Å². The zero-order chi connectivity index (χ0) is 22.6. The SMILES string of the molecule is Cn1nc(C(=O)NCc2ccncc2)c2c1CC[C@@H](N1CCC(Cc3ccccc3)CC1)C2. The number of fused-ring (bicyclic) bond motifs is 1. The normalized spacial score (nSPS) is 19.2. The maximum Gasteiger partial charge on any atom is 0.272 e. The van der Waals surface area contributed by atoms with E-state index in [0.29, 0.717) is 18.3 Å². The summed E-state index contributed by atoms with van der Waals surface area (Å²) in [5.41, 5.74) is 5.47. The van der Waals surface area contributed by atoms with E-state index in [1.165, 1.54) is 30.5 Å². The number of amides is 1. The van der Waals surface area contributed by atoms with Gasteiger partial charge < -0.3 is 10.2 Å². The van der Waals surface area contributed by atoms with Crippen LogP contribution >= 0.6 is 0 Å². The summed E-state index contributed by atoms with van der Waals surface area (Å²) in [5, 5.41) is 7.66. The number of pyridine rings is 1. The molecule has 0 unspecified atom stereocenters. The highest BCUT2D eigenvalue weighted by Crippen LogP contribution is 2.30. The second-order valence-electron chi connectivity index (χ2n) is 9.50. The van der Waals surface area contributed by atoms with Crippen LogP contribution in [-0.2, 0) is 32.9 Å². The lowest BCUT2D eigenvalue weighted by atomic mass is 9.86. The molecule has 0 bridgehead atoms. The van der Waals surface area contributed by atoms with Crippen LogP contribution in [0.3, 0.4) is 0 Å². The summed E-state index contributed by atoms with van der Waals surface area (Å²) in [6, 6.07) is 15.2. The average Bonchev–Trinajstić information content (AvgIpc) is 3.20. The van der Waals surface area contributed by atoms with E-state index < -0.39 is 0 Å². The van der Waals surface area contributed by atoms with Crippen molar-refractivity contribution in [1.82, 2.24) is 25.0 Å². The highest BCUT2D eigenvalue weighted by molar-refractivity contribution is 5.94. The van der Waals surface area contributed by atoms with Crippen LogP contribution < -0.4 is 5.32 Å². The summed E-state index contributed by atoms with van der Waals surface area (Å²) in [4.78, 5) is 19.7. The van der Waals surface area contributed by atoms with Crippen molar-refractivity contribution in [3.05, 3.63) is 82.9 Å². The van der Waals surface area contributed by atoms with E-state index in [4.69, 9.17) is 0 Å². The summed E-state index contributed by atoms with van der Waals surface area (Å²) in [6.45, 7) is 2.80. The molecule has 0 saturated carbocycles. The average molecular weight is 444 g/mol. The van der Waals surface area contributed by atoms with Gasteiger partial charge in [-0.15, -0.1) is 0 Å². The minimum atomic E-state index is -0.0779. The Morgan fingerprint density at radius 2 is 1.79 bits per heavy atom. The number of hydrogen-bond donors (Lipinski definition) is 1. The van der Waals surface area contributed by atoms with E-state index in [1.807, 2.05) is 23.9 Å². The third kappa shape index (κ3) is 5.01. The Bertz CT molecular complexity index is 1070. The molecule has 1 saturated heterocycles. The molecule has 1 aromatic carbocycles. The molecule has 1 N–H and O–H groups in total. The third-order valence-electron chi connectivity index (χ3n) is 7.38. The number of benzene rings is 1. The molecular formula is C27H33N5O. The van der Waals surface area contributed by atoms with Crippen molar-refractivity contribution in [2.24, 2.45) is 13.0 Å². The topological polar surface area (TPSA) is 63.1 Å². The number of hydrogen-bond acceptors (Lipinski definition) is 4. The van der Waals surface area contributed by atoms with Crippen molar-refractivity contribution in [1.29, 1.82) is 0 Å². The number of rotatable bonds is 6. The van der Waals surface area contributed by atoms with E-state index in [1.54, 1.807) is 12.4 Å². The lowest BCUT2D eigenvalue weighted by Gasteiger charge is -2.39. The molecular weight excluding hydrogens is 410 g/mol. The van der Waals surface area contributed by atoms with Crippen molar-refractivity contribution in [3.63, 3.8) is 0 Å². The Morgan fingerprint density at radius 3 is 2.55 bits per heavy atom. The van der Waals surface area contributed by atoms with Crippen molar-refractivity contribution in [2.45, 2.75) is 51.1 Å². The molecule has 3 aromatic rings. The van der Waals surface area contributed by atoms with E-state index in [9.17, 15) is 4.79 Å². The number of carbonyl (C=O) groups excluding carboxylic acids is 1. The smallest absolute Gasteiger partial charge is 0.272 e. The molecule has 3 heterocycles. The number of nitrogens with one attached hydrogen (secondary N) is 1. The fourth-order valence-electron chi connectivity index (χ4n) is 5.50. The number of nitrogens with zero attached hydrogens (tertiary/aromatic N) is 4. The molecule has 0 radical (unpaired) electrons. The van der Waals surface area contributed by atoms with Crippen molar-refractivity contribution >= 4 is 5.91 Å². The number of likely N-dealkylation sites (tertiary alicyclic amines) is 1. The van der Waals surface area contributed by atoms with Gasteiger partial charge in [0.1, 0.15) is 0 Å². The molecule has 6 heteroatoms. The van der Waals surface area contributed by atoms with Gasteiger partial charge in [0, 0.05) is 43.3 Å². The van der Waals surface area contributed by atoms with Gasteiger partial charge in [-0.1, -0.05) is 30.3 Å². The van der Waals surface area contributed by atoms with Gasteiger partial charge in [0.15, 0.2) is 5.69 Å². The van der Waals surface area contributed by atoms with Crippen LogP contribution in [0.25, 0.3) is 0 Å². The standard InChI is InChI=1S/C27H33N5O/c1-31-25-8-7-23(32-15-11-21(12-16-32)17-20-5-3-2-4-6-20)18-24(25)26(30-31)27(33)29-19-22-9-13-28-14-10-22/h2-6,9-10,13-14,21,23H,7-8,11-12,15-19H2,1H3,(H,29,33)/t23-/m1/s1. The molecule has 5 rings (SSSR count). The molecule has 0 spiro atoms. The van der Waals surface area contributed by atoms with Crippen molar-refractivity contribution in [3.8, 4) is 0 Å². The molecule has 172 valence electrons. The van der Waals surface area contributed by atoms with Gasteiger partial charge in [0.25, 0.3) is 5.91 Å². The molecule has 2 aromatic heterocycles. The molecule has 1 aliphatic carbocycles. The predicted molar refractivity (Wildman–Crippen MR) is 129 cm³/mol. The highest BCUT2D eigenvalue weighted by Gasteiger charge is 2.32. The van der Waals surface area contributed by atoms with E-state index >= 15 is 0 Å². The van der Waals surface area contributed by atoms with Crippen LogP contribution in [-0.4, -0.2) is 44.7 Å². The van der Waals surface area contributed by atoms with Crippen LogP contribution in [0.2, 0.25) is 0 Å². The number of aromatic nitrogens is 3. The first-order valence-electron chi connectivity index (χ1n) is 12.2. The van der Waals surface area contributed by atoms with Crippen LogP contribution in [0.5, 0.6) is 0 Å². The third-order valence-corrected chi connectivity index (χ3v) is 7.38. The summed E-state index contributed by atoms with van der Waals surface area (Å²) in [7, 11) is 1.97. The van der Waals surface area contributed by atoms with Gasteiger partial charge in [-0.25, -0.2) is 0 Å². The van der Waals surface area contributed by atoms with Gasteiger partial charge in [-0.2, -0.15) is 5.10 Å². The van der Waals surface area contributed by atoms with Gasteiger partial charge >= 0.3 is 0 Å². The Balaban J connectivity index is 1.20. The van der Waals surface area contributed by atoms with Gasteiger partial charge in [0.2, 0.25) is 0 Å². The van der Waals surface area contributed by atoms with Crippen LogP contribution in [0.4, 0.5) is 0 Å². The van der Waals surface area contributed by atoms with Crippen LogP contribution in [0.15, 0.2) is 54.9 Å². The van der Waals surface area contributed by atoms with Gasteiger partial charge in [-0.05, 0) is 80.8 Å². The lowest BCUT2D eigenvalue weighted by Crippen LogP contribution is -2.44. The second kappa shape index (κ2) is 9.87. The Hall–Kier alpha value is -2.99. The number of aryl methyl sites for hydroxylation is 1. The molecule has 1 atom stereocenters. The fourth-order valence-corrected chi connectivity index (χ4v) is 5.50. The van der Waals surface area contributed by atoms with Crippen LogP contribution in [0, 0.1) is 5.92 Å². The lowest BCUT2D eigenvalue weighted by molar-refractivity contribution is 0.0942. The zero-order valence-corrected chi connectivity index (χ0v) is 19.4. The molecule has 2 aliphatic rings. The predicted octanol–water partition coefficient (Wildman–Crippen LogP) is 3.56. The monoisotopic (exact) mass is 443 g/mol. The molecule has 1 aliphatic heterocycles. The number of carbonyl (C=O) groups is 1. The zero-order valence-electron chi connectivity index (χ0n) is 19.4. The van der Waals surface area contributed by atoms with Crippen LogP contribution in [0.1, 0.15) is 52.1 Å². The molecule has 33 heavy (non-hydrogen) atoms. The fraction of sp³-hybridized carbons (Fsp3) is 0.444. The van der Waals surface area contributed by atoms with E-state index in [-0.39, 0.29) is 5.91 Å². The maximum absolute atomic E-state index is 13.0. The minimum Gasteiger partial charge on any atom is -0.347 e. The summed E-state index contributed by atoms with van der Waals surface area (Å²) < 4.78 is 1.92. The van der Waals surface area contributed by atoms with E-state index in [2.05, 4.69) is 50.6 Å². The Kier molecular flexibility index (Phi) is 6.53. The second-order valence-corrected chi connectivity index (χ2v) is 9.50. The first-order chi connectivity index (χ1) is 16.2. The molecule has 1 fully saturated rings. The maximum atomic E-state index is 13.0. The minimum absolute atomic E-state index is 0.0779. The van der Waals surface area contributed by atoms with Gasteiger partial charge in [0.05, 0.1) is 0 Å². The van der Waals surface area contributed by atoms with Gasteiger partial charge in [-0.3, -0.25) is 14.5 Å². The van der Waals surface area contributed by atoms with Crippen molar-refractivity contribution < 1.29 is 4.79 Å². The largest absolute Gasteiger partial charge is 0.347 e. The van der Waals surface area contributed by atoms with E-state index in [0.717, 1.165) is 49.4 Å². The summed E-state index contributed by atoms with van der Waals surface area (Å²) in [5.74, 6) is 0.696. The summed E-state index contributed by atoms with van der Waals surface area (Å²) in [6.07, 6.45) is 10.3. The first-order valence-corrected chi connectivity index (χ1v) is 12.2. The molecule has 6 nitrogen and oxygen atoms in total. The highest BCUT2D eigenvalue weighted by atomic mass is 16.1. The Morgan fingerprint density at radius 1 is 1.03 bits per heavy atom. The quantitative estimate of drug-likeness (QED) is 0.633. The summed E-state index contributed by atoms with van der Waals surface area (Å²) >= 11 is 0.